The average Bonchev–Trinajstić information content (AvgIpc) is 3.04. The third kappa shape index (κ3) is 3.74. The summed E-state index contributed by atoms with van der Waals surface area (Å²) < 4.78 is 5.30. The molecule has 0 spiro atoms. The van der Waals surface area contributed by atoms with Gasteiger partial charge < -0.3 is 20.5 Å². The van der Waals surface area contributed by atoms with E-state index < -0.39 is 17.4 Å². The second-order valence-electron chi connectivity index (χ2n) is 6.38. The third-order valence-corrected chi connectivity index (χ3v) is 4.66. The molecule has 0 aromatic carbocycles. The Labute approximate surface area is 125 Å². The number of nitrogens with two attached hydrogens (primary N) is 1. The van der Waals surface area contributed by atoms with E-state index in [1.807, 2.05) is 6.92 Å². The molecular weight excluding hydrogens is 272 g/mol. The van der Waals surface area contributed by atoms with Crippen molar-refractivity contribution in [2.75, 3.05) is 19.8 Å². The molecule has 1 aliphatic carbocycles. The molecular formula is C15H26N2O4. The van der Waals surface area contributed by atoms with Gasteiger partial charge in [-0.2, -0.15) is 0 Å². The number of carboxylic acids is 1. The van der Waals surface area contributed by atoms with Gasteiger partial charge in [-0.1, -0.05) is 19.8 Å². The Morgan fingerprint density at radius 3 is 2.57 bits per heavy atom. The van der Waals surface area contributed by atoms with E-state index in [4.69, 9.17) is 10.5 Å². The zero-order chi connectivity index (χ0) is 15.5. The van der Waals surface area contributed by atoms with E-state index in [-0.39, 0.29) is 18.6 Å². The minimum atomic E-state index is -0.894. The van der Waals surface area contributed by atoms with Gasteiger partial charge in [-0.15, -0.1) is 0 Å². The summed E-state index contributed by atoms with van der Waals surface area (Å²) in [5.41, 5.74) is 5.89. The summed E-state index contributed by atoms with van der Waals surface area (Å²) in [6, 6.07) is -0.361. The van der Waals surface area contributed by atoms with E-state index in [9.17, 15) is 14.7 Å². The van der Waals surface area contributed by atoms with Crippen LogP contribution in [0.25, 0.3) is 0 Å². The molecule has 2 aliphatic rings. The number of carboxylic acid groups (broad SMARTS) is 1. The molecule has 1 saturated heterocycles. The number of hydrogen-bond acceptors (Lipinski definition) is 4. The lowest BCUT2D eigenvalue weighted by Gasteiger charge is -2.33. The van der Waals surface area contributed by atoms with E-state index >= 15 is 0 Å². The van der Waals surface area contributed by atoms with Crippen molar-refractivity contribution in [1.82, 2.24) is 4.90 Å². The number of carbonyl (C=O) groups is 2. The predicted molar refractivity (Wildman–Crippen MR) is 77.7 cm³/mol. The van der Waals surface area contributed by atoms with E-state index in [1.54, 1.807) is 4.90 Å². The molecule has 0 aromatic heterocycles. The first-order valence-corrected chi connectivity index (χ1v) is 7.86. The first kappa shape index (κ1) is 16.2. The normalized spacial score (nSPS) is 27.7. The first-order chi connectivity index (χ1) is 9.97. The third-order valence-electron chi connectivity index (χ3n) is 4.66. The van der Waals surface area contributed by atoms with Gasteiger partial charge in [-0.25, -0.2) is 0 Å². The van der Waals surface area contributed by atoms with Gasteiger partial charge >= 0.3 is 5.97 Å². The van der Waals surface area contributed by atoms with Crippen LogP contribution in [-0.2, 0) is 14.3 Å². The molecule has 0 aromatic rings. The van der Waals surface area contributed by atoms with E-state index in [0.717, 1.165) is 32.1 Å². The summed E-state index contributed by atoms with van der Waals surface area (Å²) in [6.07, 6.45) is 5.01. The molecule has 3 N–H and O–H groups in total. The van der Waals surface area contributed by atoms with Gasteiger partial charge in [-0.05, 0) is 19.3 Å². The molecule has 2 fully saturated rings. The summed E-state index contributed by atoms with van der Waals surface area (Å²) in [7, 11) is 0. The van der Waals surface area contributed by atoms with Crippen molar-refractivity contribution >= 4 is 11.9 Å². The lowest BCUT2D eigenvalue weighted by molar-refractivity contribution is -0.145. The molecule has 1 amide bonds. The minimum absolute atomic E-state index is 0.0250. The molecule has 21 heavy (non-hydrogen) atoms. The summed E-state index contributed by atoms with van der Waals surface area (Å²) in [5.74, 6) is -1.55. The fourth-order valence-electron chi connectivity index (χ4n) is 3.46. The van der Waals surface area contributed by atoms with Crippen LogP contribution in [-0.4, -0.2) is 53.2 Å². The Balaban J connectivity index is 2.06. The van der Waals surface area contributed by atoms with Crippen LogP contribution >= 0.6 is 0 Å². The zero-order valence-electron chi connectivity index (χ0n) is 12.7. The highest BCUT2D eigenvalue weighted by molar-refractivity contribution is 5.79. The monoisotopic (exact) mass is 298 g/mol. The maximum Gasteiger partial charge on any atom is 0.311 e. The molecule has 2 unspecified atom stereocenters. The van der Waals surface area contributed by atoms with Crippen LogP contribution in [0.4, 0.5) is 0 Å². The molecule has 1 saturated carbocycles. The smallest absolute Gasteiger partial charge is 0.311 e. The highest BCUT2D eigenvalue weighted by Crippen LogP contribution is 2.31. The highest BCUT2D eigenvalue weighted by Gasteiger charge is 2.41. The molecule has 2 rings (SSSR count). The minimum Gasteiger partial charge on any atom is -0.481 e. The van der Waals surface area contributed by atoms with E-state index in [0.29, 0.717) is 19.6 Å². The van der Waals surface area contributed by atoms with Crippen LogP contribution in [0.2, 0.25) is 0 Å². The van der Waals surface area contributed by atoms with Crippen molar-refractivity contribution in [3.63, 3.8) is 0 Å². The Morgan fingerprint density at radius 1 is 1.33 bits per heavy atom. The van der Waals surface area contributed by atoms with Crippen molar-refractivity contribution in [2.45, 2.75) is 57.0 Å². The summed E-state index contributed by atoms with van der Waals surface area (Å²) in [5, 5.41) is 9.27. The number of ether oxygens (including phenoxy) is 1. The van der Waals surface area contributed by atoms with Crippen molar-refractivity contribution in [1.29, 1.82) is 0 Å². The lowest BCUT2D eigenvalue weighted by Crippen LogP contribution is -2.50. The number of hydrogen-bond donors (Lipinski definition) is 2. The Hall–Kier alpha value is -1.14. The molecule has 1 heterocycles. The fraction of sp³-hybridized carbons (Fsp3) is 0.867. The number of amides is 1. The number of rotatable bonds is 6. The van der Waals surface area contributed by atoms with E-state index in [2.05, 4.69) is 0 Å². The van der Waals surface area contributed by atoms with Crippen molar-refractivity contribution in [2.24, 2.45) is 11.7 Å². The quantitative estimate of drug-likeness (QED) is 0.762. The fourth-order valence-corrected chi connectivity index (χ4v) is 3.46. The standard InChI is InChI=1S/C15H26N2O4/c1-2-7-17(12-10-21-9-11(12)14(19)20)13(18)8-15(16)5-3-4-6-15/h11-12H,2-10,16H2,1H3,(H,19,20). The lowest BCUT2D eigenvalue weighted by atomic mass is 9.92. The molecule has 1 aliphatic heterocycles. The van der Waals surface area contributed by atoms with Crippen LogP contribution in [0, 0.1) is 5.92 Å². The molecule has 6 nitrogen and oxygen atoms in total. The number of aliphatic carboxylic acids is 1. The predicted octanol–water partition coefficient (Wildman–Crippen LogP) is 0.986. The topological polar surface area (TPSA) is 92.9 Å². The molecule has 2 atom stereocenters. The van der Waals surface area contributed by atoms with Crippen molar-refractivity contribution in [3.05, 3.63) is 0 Å². The van der Waals surface area contributed by atoms with Gasteiger partial charge in [0.15, 0.2) is 0 Å². The average molecular weight is 298 g/mol. The Morgan fingerprint density at radius 2 is 2.00 bits per heavy atom. The van der Waals surface area contributed by atoms with Gasteiger partial charge in [0.05, 0.1) is 19.3 Å². The number of nitrogens with zero attached hydrogens (tertiary/aromatic N) is 1. The summed E-state index contributed by atoms with van der Waals surface area (Å²) in [4.78, 5) is 25.6. The van der Waals surface area contributed by atoms with Crippen molar-refractivity contribution in [3.8, 4) is 0 Å². The van der Waals surface area contributed by atoms with Crippen LogP contribution in [0.1, 0.15) is 45.4 Å². The van der Waals surface area contributed by atoms with Crippen molar-refractivity contribution < 1.29 is 19.4 Å². The number of carbonyl (C=O) groups excluding carboxylic acids is 1. The van der Waals surface area contributed by atoms with Gasteiger partial charge in [-0.3, -0.25) is 9.59 Å². The second-order valence-corrected chi connectivity index (χ2v) is 6.38. The largest absolute Gasteiger partial charge is 0.481 e. The SMILES string of the molecule is CCCN(C(=O)CC1(N)CCCC1)C1COCC1C(=O)O. The zero-order valence-corrected chi connectivity index (χ0v) is 12.7. The Kier molecular flexibility index (Phi) is 5.22. The maximum atomic E-state index is 12.6. The van der Waals surface area contributed by atoms with Crippen LogP contribution < -0.4 is 5.73 Å². The first-order valence-electron chi connectivity index (χ1n) is 7.86. The van der Waals surface area contributed by atoms with Gasteiger partial charge in [0.25, 0.3) is 0 Å². The Bertz CT molecular complexity index is 393. The summed E-state index contributed by atoms with van der Waals surface area (Å²) in [6.45, 7) is 3.04. The van der Waals surface area contributed by atoms with Gasteiger partial charge in [0.2, 0.25) is 5.91 Å². The van der Waals surface area contributed by atoms with Crippen LogP contribution in [0.15, 0.2) is 0 Å². The molecule has 6 heteroatoms. The second kappa shape index (κ2) is 6.75. The van der Waals surface area contributed by atoms with Gasteiger partial charge in [0.1, 0.15) is 5.92 Å². The molecule has 120 valence electrons. The maximum absolute atomic E-state index is 12.6. The molecule has 0 radical (unpaired) electrons. The van der Waals surface area contributed by atoms with E-state index in [1.165, 1.54) is 0 Å². The molecule has 0 bridgehead atoms. The summed E-state index contributed by atoms with van der Waals surface area (Å²) >= 11 is 0. The van der Waals surface area contributed by atoms with Crippen LogP contribution in [0.3, 0.4) is 0 Å². The van der Waals surface area contributed by atoms with Crippen LogP contribution in [0.5, 0.6) is 0 Å². The highest BCUT2D eigenvalue weighted by atomic mass is 16.5. The van der Waals surface area contributed by atoms with Gasteiger partial charge in [0, 0.05) is 18.5 Å².